The van der Waals surface area contributed by atoms with Gasteiger partial charge in [0, 0.05) is 49.7 Å². The van der Waals surface area contributed by atoms with E-state index in [2.05, 4.69) is 21.5 Å². The maximum atomic E-state index is 12.8. The molecule has 1 aromatic carbocycles. The number of carbonyl (C=O) groups excluding carboxylic acids is 1. The lowest BCUT2D eigenvalue weighted by Gasteiger charge is -2.32. The summed E-state index contributed by atoms with van der Waals surface area (Å²) in [6.07, 6.45) is 7.06. The van der Waals surface area contributed by atoms with E-state index >= 15 is 0 Å². The van der Waals surface area contributed by atoms with Crippen LogP contribution in [0.3, 0.4) is 0 Å². The van der Waals surface area contributed by atoms with E-state index in [4.69, 9.17) is 5.26 Å². The standard InChI is InChI=1S/C22H22N6O/c1-27-15-19(14-25-27)17-3-5-18(6-4-17)22(29)28-10-8-20(9-11-28)26-21-7-2-16(12-23)13-24-21/h2-7,13-15,20H,8-11H2,1H3,(H,24,26). The number of benzene rings is 1. The molecule has 4 rings (SSSR count). The highest BCUT2D eigenvalue weighted by molar-refractivity contribution is 5.94. The number of piperidine rings is 1. The molecule has 0 spiro atoms. The Morgan fingerprint density at radius 2 is 1.86 bits per heavy atom. The van der Waals surface area contributed by atoms with Crippen LogP contribution in [0.15, 0.2) is 55.0 Å². The highest BCUT2D eigenvalue weighted by Gasteiger charge is 2.23. The molecule has 1 saturated heterocycles. The summed E-state index contributed by atoms with van der Waals surface area (Å²) in [5.74, 6) is 0.831. The SMILES string of the molecule is Cn1cc(-c2ccc(C(=O)N3CCC(Nc4ccc(C#N)cn4)CC3)cc2)cn1. The molecule has 7 heteroatoms. The highest BCUT2D eigenvalue weighted by atomic mass is 16.2. The molecule has 146 valence electrons. The molecule has 1 N–H and O–H groups in total. The van der Waals surface area contributed by atoms with E-state index in [1.807, 2.05) is 54.7 Å². The van der Waals surface area contributed by atoms with Crippen molar-refractivity contribution in [3.05, 3.63) is 66.1 Å². The average Bonchev–Trinajstić information content (AvgIpc) is 3.21. The van der Waals surface area contributed by atoms with Crippen molar-refractivity contribution in [3.63, 3.8) is 0 Å². The second kappa shape index (κ2) is 8.15. The second-order valence-corrected chi connectivity index (χ2v) is 7.23. The highest BCUT2D eigenvalue weighted by Crippen LogP contribution is 2.21. The van der Waals surface area contributed by atoms with Crippen LogP contribution >= 0.6 is 0 Å². The largest absolute Gasteiger partial charge is 0.367 e. The van der Waals surface area contributed by atoms with Gasteiger partial charge in [-0.3, -0.25) is 9.48 Å². The number of nitrogens with one attached hydrogen (secondary N) is 1. The third kappa shape index (κ3) is 4.27. The molecule has 0 aliphatic carbocycles. The van der Waals surface area contributed by atoms with Gasteiger partial charge in [0.25, 0.3) is 5.91 Å². The zero-order valence-corrected chi connectivity index (χ0v) is 16.2. The van der Waals surface area contributed by atoms with Gasteiger partial charge in [0.1, 0.15) is 11.9 Å². The number of likely N-dealkylation sites (tertiary alicyclic amines) is 1. The molecule has 3 aromatic rings. The van der Waals surface area contributed by atoms with E-state index < -0.39 is 0 Å². The monoisotopic (exact) mass is 386 g/mol. The Morgan fingerprint density at radius 3 is 2.45 bits per heavy atom. The van der Waals surface area contributed by atoms with Crippen LogP contribution in [0.4, 0.5) is 5.82 Å². The summed E-state index contributed by atoms with van der Waals surface area (Å²) in [5.41, 5.74) is 3.34. The molecule has 7 nitrogen and oxygen atoms in total. The smallest absolute Gasteiger partial charge is 0.253 e. The fraction of sp³-hybridized carbons (Fsp3) is 0.273. The van der Waals surface area contributed by atoms with Crippen LogP contribution in [0.5, 0.6) is 0 Å². The molecular weight excluding hydrogens is 364 g/mol. The molecule has 0 saturated carbocycles. The Hall–Kier alpha value is -3.66. The first kappa shape index (κ1) is 18.7. The topological polar surface area (TPSA) is 86.8 Å². The average molecular weight is 386 g/mol. The summed E-state index contributed by atoms with van der Waals surface area (Å²) < 4.78 is 1.76. The number of hydrogen-bond acceptors (Lipinski definition) is 5. The zero-order valence-electron chi connectivity index (χ0n) is 16.2. The number of hydrogen-bond donors (Lipinski definition) is 1. The van der Waals surface area contributed by atoms with Crippen LogP contribution in [0.1, 0.15) is 28.8 Å². The number of carbonyl (C=O) groups is 1. The molecule has 0 atom stereocenters. The molecule has 3 heterocycles. The first-order valence-electron chi connectivity index (χ1n) is 9.63. The van der Waals surface area contributed by atoms with E-state index in [0.717, 1.165) is 29.8 Å². The lowest BCUT2D eigenvalue weighted by molar-refractivity contribution is 0.0718. The number of pyridine rings is 1. The third-order valence-corrected chi connectivity index (χ3v) is 5.20. The van der Waals surface area contributed by atoms with E-state index in [0.29, 0.717) is 24.2 Å². The number of amides is 1. The number of aromatic nitrogens is 3. The van der Waals surface area contributed by atoms with Crippen molar-refractivity contribution in [3.8, 4) is 17.2 Å². The Kier molecular flexibility index (Phi) is 5.25. The maximum Gasteiger partial charge on any atom is 0.253 e. The fourth-order valence-electron chi connectivity index (χ4n) is 3.54. The van der Waals surface area contributed by atoms with Gasteiger partial charge in [-0.2, -0.15) is 10.4 Å². The van der Waals surface area contributed by atoms with E-state index in [-0.39, 0.29) is 11.9 Å². The summed E-state index contributed by atoms with van der Waals surface area (Å²) in [5, 5.41) is 16.4. The first-order chi connectivity index (χ1) is 14.1. The summed E-state index contributed by atoms with van der Waals surface area (Å²) >= 11 is 0. The molecule has 2 aromatic heterocycles. The molecular formula is C22H22N6O. The summed E-state index contributed by atoms with van der Waals surface area (Å²) in [6.45, 7) is 1.41. The fourth-order valence-corrected chi connectivity index (χ4v) is 3.54. The van der Waals surface area contributed by atoms with Gasteiger partial charge in [-0.15, -0.1) is 0 Å². The summed E-state index contributed by atoms with van der Waals surface area (Å²) in [6, 6.07) is 13.6. The van der Waals surface area contributed by atoms with Crippen molar-refractivity contribution in [2.45, 2.75) is 18.9 Å². The van der Waals surface area contributed by atoms with Gasteiger partial charge in [-0.05, 0) is 42.7 Å². The first-order valence-corrected chi connectivity index (χ1v) is 9.63. The van der Waals surface area contributed by atoms with Crippen molar-refractivity contribution in [1.29, 1.82) is 5.26 Å². The van der Waals surface area contributed by atoms with Gasteiger partial charge in [-0.1, -0.05) is 12.1 Å². The molecule has 0 unspecified atom stereocenters. The molecule has 29 heavy (non-hydrogen) atoms. The van der Waals surface area contributed by atoms with Gasteiger partial charge < -0.3 is 10.2 Å². The van der Waals surface area contributed by atoms with Crippen LogP contribution in [0.2, 0.25) is 0 Å². The minimum absolute atomic E-state index is 0.0673. The van der Waals surface area contributed by atoms with Gasteiger partial charge in [0.05, 0.1) is 11.8 Å². The number of anilines is 1. The number of rotatable bonds is 4. The zero-order chi connectivity index (χ0) is 20.2. The number of nitriles is 1. The van der Waals surface area contributed by atoms with Crippen molar-refractivity contribution in [1.82, 2.24) is 19.7 Å². The number of aryl methyl sites for hydroxylation is 1. The number of nitrogens with zero attached hydrogens (tertiary/aromatic N) is 5. The van der Waals surface area contributed by atoms with Crippen LogP contribution in [-0.4, -0.2) is 44.7 Å². The summed E-state index contributed by atoms with van der Waals surface area (Å²) in [7, 11) is 1.89. The molecule has 1 aliphatic heterocycles. The minimum atomic E-state index is 0.0673. The van der Waals surface area contributed by atoms with Gasteiger partial charge >= 0.3 is 0 Å². The van der Waals surface area contributed by atoms with Gasteiger partial charge in [-0.25, -0.2) is 4.98 Å². The lowest BCUT2D eigenvalue weighted by Crippen LogP contribution is -2.42. The Bertz CT molecular complexity index is 1020. The Balaban J connectivity index is 1.33. The maximum absolute atomic E-state index is 12.8. The minimum Gasteiger partial charge on any atom is -0.367 e. The lowest BCUT2D eigenvalue weighted by atomic mass is 10.0. The van der Waals surface area contributed by atoms with Gasteiger partial charge in [0.2, 0.25) is 0 Å². The van der Waals surface area contributed by atoms with Crippen LogP contribution < -0.4 is 5.32 Å². The van der Waals surface area contributed by atoms with Crippen molar-refractivity contribution in [2.75, 3.05) is 18.4 Å². The van der Waals surface area contributed by atoms with Crippen molar-refractivity contribution in [2.24, 2.45) is 7.05 Å². The normalized spacial score (nSPS) is 14.4. The Morgan fingerprint density at radius 1 is 1.10 bits per heavy atom. The van der Waals surface area contributed by atoms with Crippen LogP contribution in [-0.2, 0) is 7.05 Å². The molecule has 1 amide bonds. The van der Waals surface area contributed by atoms with Crippen LogP contribution in [0, 0.1) is 11.3 Å². The van der Waals surface area contributed by atoms with E-state index in [1.54, 1.807) is 16.9 Å². The second-order valence-electron chi connectivity index (χ2n) is 7.23. The van der Waals surface area contributed by atoms with Gasteiger partial charge in [0.15, 0.2) is 0 Å². The summed E-state index contributed by atoms with van der Waals surface area (Å²) in [4.78, 5) is 19.0. The molecule has 1 fully saturated rings. The predicted octanol–water partition coefficient (Wildman–Crippen LogP) is 3.07. The Labute approximate surface area is 169 Å². The molecule has 0 bridgehead atoms. The quantitative estimate of drug-likeness (QED) is 0.745. The van der Waals surface area contributed by atoms with Crippen molar-refractivity contribution < 1.29 is 4.79 Å². The van der Waals surface area contributed by atoms with Crippen molar-refractivity contribution >= 4 is 11.7 Å². The molecule has 0 radical (unpaired) electrons. The molecule has 1 aliphatic rings. The third-order valence-electron chi connectivity index (χ3n) is 5.20. The van der Waals surface area contributed by atoms with E-state index in [1.165, 1.54) is 0 Å². The van der Waals surface area contributed by atoms with Crippen LogP contribution in [0.25, 0.3) is 11.1 Å². The predicted molar refractivity (Wildman–Crippen MR) is 110 cm³/mol. The van der Waals surface area contributed by atoms with E-state index in [9.17, 15) is 4.79 Å².